The average molecular weight is 498 g/mol. The van der Waals surface area contributed by atoms with Crippen molar-refractivity contribution in [3.05, 3.63) is 64.3 Å². The molecule has 1 aromatic carbocycles. The molecule has 4 rings (SSSR count). The molecule has 3 heterocycles. The number of likely N-dealkylation sites (tertiary alicyclic amines) is 1. The van der Waals surface area contributed by atoms with Crippen molar-refractivity contribution in [1.29, 1.82) is 5.41 Å². The van der Waals surface area contributed by atoms with Gasteiger partial charge in [0.15, 0.2) is 0 Å². The summed E-state index contributed by atoms with van der Waals surface area (Å²) in [4.78, 5) is 31.3. The number of carbonyl (C=O) groups excluding carboxylic acids is 2. The number of nitrogens with zero attached hydrogens (tertiary/aromatic N) is 2. The lowest BCUT2D eigenvalue weighted by molar-refractivity contribution is -0.132. The first-order chi connectivity index (χ1) is 16.9. The van der Waals surface area contributed by atoms with Crippen molar-refractivity contribution in [3.63, 3.8) is 0 Å². The number of halogens is 1. The summed E-state index contributed by atoms with van der Waals surface area (Å²) in [5.74, 6) is -0.366. The summed E-state index contributed by atoms with van der Waals surface area (Å²) < 4.78 is 10.7. The monoisotopic (exact) mass is 497 g/mol. The van der Waals surface area contributed by atoms with Gasteiger partial charge in [-0.2, -0.15) is 0 Å². The maximum atomic E-state index is 12.9. The van der Waals surface area contributed by atoms with Crippen LogP contribution in [0.5, 0.6) is 5.88 Å². The molecule has 1 aromatic heterocycles. The van der Waals surface area contributed by atoms with E-state index in [1.54, 1.807) is 11.0 Å². The molecule has 1 saturated heterocycles. The number of nitrogens with two attached hydrogens (primary N) is 1. The molecule has 9 nitrogen and oxygen atoms in total. The van der Waals surface area contributed by atoms with Crippen LogP contribution in [0.15, 0.2) is 42.6 Å². The maximum Gasteiger partial charge on any atom is 0.271 e. The van der Waals surface area contributed by atoms with Crippen LogP contribution in [0, 0.1) is 11.3 Å². The topological polar surface area (TPSA) is 131 Å². The Balaban J connectivity index is 1.33. The molecular weight excluding hydrogens is 470 g/mol. The standard InChI is InChI=1S/C25H28ClN5O4/c1-34-23-10-18(19(26)12-29-23)20(27)11-21(28)25(33)31-8-6-15(7-9-31)24(32)30-22-14-35-13-16-4-2-3-5-17(16)22/h2-5,10-12,15,22,28H,6-9,13-14,27H2,1H3,(H,30,32)/b20-11-,28-21?. The summed E-state index contributed by atoms with van der Waals surface area (Å²) in [5.41, 5.74) is 8.60. The molecule has 1 unspecified atom stereocenters. The molecule has 1 atom stereocenters. The van der Waals surface area contributed by atoms with Crippen LogP contribution in [0.4, 0.5) is 0 Å². The van der Waals surface area contributed by atoms with E-state index in [2.05, 4.69) is 10.3 Å². The Morgan fingerprint density at radius 1 is 1.31 bits per heavy atom. The number of benzene rings is 1. The van der Waals surface area contributed by atoms with Gasteiger partial charge in [0, 0.05) is 36.3 Å². The highest BCUT2D eigenvalue weighted by Gasteiger charge is 2.31. The zero-order valence-electron chi connectivity index (χ0n) is 19.4. The number of ether oxygens (including phenoxy) is 2. The number of pyridine rings is 1. The van der Waals surface area contributed by atoms with Gasteiger partial charge >= 0.3 is 0 Å². The third-order valence-electron chi connectivity index (χ3n) is 6.32. The van der Waals surface area contributed by atoms with Crippen LogP contribution in [0.2, 0.25) is 5.02 Å². The zero-order chi connectivity index (χ0) is 24.9. The van der Waals surface area contributed by atoms with E-state index in [0.29, 0.717) is 50.6 Å². The third kappa shape index (κ3) is 5.63. The number of hydrogen-bond acceptors (Lipinski definition) is 7. The van der Waals surface area contributed by atoms with Crippen molar-refractivity contribution in [2.45, 2.75) is 25.5 Å². The Labute approximate surface area is 208 Å². The van der Waals surface area contributed by atoms with Gasteiger partial charge in [-0.25, -0.2) is 4.98 Å². The zero-order valence-corrected chi connectivity index (χ0v) is 20.2. The van der Waals surface area contributed by atoms with Crippen molar-refractivity contribution < 1.29 is 19.1 Å². The summed E-state index contributed by atoms with van der Waals surface area (Å²) in [6, 6.07) is 9.32. The van der Waals surface area contributed by atoms with Crippen LogP contribution in [0.25, 0.3) is 5.70 Å². The Morgan fingerprint density at radius 3 is 2.80 bits per heavy atom. The fourth-order valence-electron chi connectivity index (χ4n) is 4.35. The van der Waals surface area contributed by atoms with Gasteiger partial charge in [-0.15, -0.1) is 0 Å². The van der Waals surface area contributed by atoms with Gasteiger partial charge in [-0.05, 0) is 30.0 Å². The highest BCUT2D eigenvalue weighted by Crippen LogP contribution is 2.27. The van der Waals surface area contributed by atoms with E-state index >= 15 is 0 Å². The first kappa shape index (κ1) is 24.7. The Hall–Kier alpha value is -3.43. The first-order valence-electron chi connectivity index (χ1n) is 11.4. The van der Waals surface area contributed by atoms with E-state index in [0.717, 1.165) is 11.1 Å². The highest BCUT2D eigenvalue weighted by atomic mass is 35.5. The number of carbonyl (C=O) groups is 2. The molecule has 4 N–H and O–H groups in total. The molecule has 0 spiro atoms. The number of nitrogens with one attached hydrogen (secondary N) is 2. The molecule has 1 fully saturated rings. The van der Waals surface area contributed by atoms with Crippen LogP contribution in [0.3, 0.4) is 0 Å². The Bertz CT molecular complexity index is 1160. The first-order valence-corrected chi connectivity index (χ1v) is 11.8. The van der Waals surface area contributed by atoms with Crippen LogP contribution >= 0.6 is 11.6 Å². The summed E-state index contributed by atoms with van der Waals surface area (Å²) >= 11 is 6.15. The fraction of sp³-hybridized carbons (Fsp3) is 0.360. The second kappa shape index (κ2) is 10.9. The molecule has 0 bridgehead atoms. The minimum Gasteiger partial charge on any atom is -0.481 e. The number of piperidine rings is 1. The van der Waals surface area contributed by atoms with Crippen LogP contribution in [-0.2, 0) is 20.9 Å². The van der Waals surface area contributed by atoms with Crippen molar-refractivity contribution >= 4 is 34.8 Å². The average Bonchev–Trinajstić information content (AvgIpc) is 2.88. The van der Waals surface area contributed by atoms with Crippen molar-refractivity contribution in [3.8, 4) is 5.88 Å². The van der Waals surface area contributed by atoms with Crippen molar-refractivity contribution in [1.82, 2.24) is 15.2 Å². The molecule has 184 valence electrons. The molecule has 0 saturated carbocycles. The molecule has 10 heteroatoms. The van der Waals surface area contributed by atoms with Crippen LogP contribution < -0.4 is 15.8 Å². The smallest absolute Gasteiger partial charge is 0.271 e. The number of hydrogen-bond donors (Lipinski definition) is 3. The molecule has 2 amide bonds. The molecule has 35 heavy (non-hydrogen) atoms. The number of fused-ring (bicyclic) bond motifs is 1. The molecule has 0 aliphatic carbocycles. The summed E-state index contributed by atoms with van der Waals surface area (Å²) in [6.45, 7) is 1.76. The highest BCUT2D eigenvalue weighted by molar-refractivity contribution is 6.43. The molecule has 0 radical (unpaired) electrons. The quantitative estimate of drug-likeness (QED) is 0.526. The van der Waals surface area contributed by atoms with E-state index in [4.69, 9.17) is 32.2 Å². The second-order valence-electron chi connectivity index (χ2n) is 8.56. The molecular formula is C25H28ClN5O4. The van der Waals surface area contributed by atoms with E-state index < -0.39 is 5.91 Å². The lowest BCUT2D eigenvalue weighted by Crippen LogP contribution is -2.46. The van der Waals surface area contributed by atoms with Crippen LogP contribution in [-0.4, -0.2) is 54.2 Å². The van der Waals surface area contributed by atoms with Gasteiger partial charge in [0.2, 0.25) is 11.8 Å². The lowest BCUT2D eigenvalue weighted by Gasteiger charge is -2.33. The van der Waals surface area contributed by atoms with Gasteiger partial charge in [-0.3, -0.25) is 15.0 Å². The summed E-state index contributed by atoms with van der Waals surface area (Å²) in [6.07, 6.45) is 3.72. The van der Waals surface area contributed by atoms with Crippen molar-refractivity contribution in [2.75, 3.05) is 26.8 Å². The van der Waals surface area contributed by atoms with Crippen molar-refractivity contribution in [2.24, 2.45) is 11.7 Å². The Morgan fingerprint density at radius 2 is 2.06 bits per heavy atom. The van der Waals surface area contributed by atoms with E-state index in [9.17, 15) is 9.59 Å². The summed E-state index contributed by atoms with van der Waals surface area (Å²) in [5, 5.41) is 11.6. The normalized spacial score (nSPS) is 18.5. The Kier molecular flexibility index (Phi) is 7.67. The van der Waals surface area contributed by atoms with E-state index in [1.807, 2.05) is 24.3 Å². The van der Waals surface area contributed by atoms with Gasteiger partial charge in [0.1, 0.15) is 5.71 Å². The number of aromatic nitrogens is 1. The molecule has 2 aromatic rings. The van der Waals surface area contributed by atoms with Gasteiger partial charge in [-0.1, -0.05) is 35.9 Å². The number of amides is 2. The fourth-order valence-corrected chi connectivity index (χ4v) is 4.57. The minimum atomic E-state index is -0.446. The number of methoxy groups -OCH3 is 1. The van der Waals surface area contributed by atoms with E-state index in [1.165, 1.54) is 19.4 Å². The predicted molar refractivity (Wildman–Crippen MR) is 132 cm³/mol. The SMILES string of the molecule is COc1cc(/C(N)=C/C(=N)C(=O)N2CCC(C(=O)NC3COCc4ccccc43)CC2)c(Cl)cn1. The predicted octanol–water partition coefficient (Wildman–Crippen LogP) is 2.69. The second-order valence-corrected chi connectivity index (χ2v) is 8.97. The lowest BCUT2D eigenvalue weighted by atomic mass is 9.93. The van der Waals surface area contributed by atoms with Gasteiger partial charge < -0.3 is 25.4 Å². The number of rotatable bonds is 6. The molecule has 2 aliphatic rings. The van der Waals surface area contributed by atoms with Gasteiger partial charge in [0.25, 0.3) is 5.91 Å². The third-order valence-corrected chi connectivity index (χ3v) is 6.62. The maximum absolute atomic E-state index is 12.9. The van der Waals surface area contributed by atoms with Crippen LogP contribution in [0.1, 0.15) is 35.6 Å². The van der Waals surface area contributed by atoms with E-state index in [-0.39, 0.29) is 34.3 Å². The van der Waals surface area contributed by atoms with Gasteiger partial charge in [0.05, 0.1) is 37.6 Å². The summed E-state index contributed by atoms with van der Waals surface area (Å²) in [7, 11) is 1.47. The molecule has 2 aliphatic heterocycles. The minimum absolute atomic E-state index is 0.0390. The largest absolute Gasteiger partial charge is 0.481 e.